The van der Waals surface area contributed by atoms with Crippen LogP contribution in [0.25, 0.3) is 0 Å². The lowest BCUT2D eigenvalue weighted by atomic mass is 9.94. The van der Waals surface area contributed by atoms with E-state index < -0.39 is 41.6 Å². The van der Waals surface area contributed by atoms with E-state index in [0.29, 0.717) is 13.0 Å². The third-order valence-electron chi connectivity index (χ3n) is 5.58. The Morgan fingerprint density at radius 1 is 1.03 bits per heavy atom. The summed E-state index contributed by atoms with van der Waals surface area (Å²) in [5.41, 5.74) is 0.323. The molecule has 3 amide bonds. The first-order valence-corrected chi connectivity index (χ1v) is 12.0. The van der Waals surface area contributed by atoms with E-state index in [4.69, 9.17) is 9.47 Å². The zero-order valence-electron chi connectivity index (χ0n) is 20.8. The van der Waals surface area contributed by atoms with Crippen molar-refractivity contribution in [2.75, 3.05) is 6.54 Å². The van der Waals surface area contributed by atoms with E-state index in [0.717, 1.165) is 5.56 Å². The minimum absolute atomic E-state index is 0.0938. The van der Waals surface area contributed by atoms with E-state index in [2.05, 4.69) is 16.0 Å². The van der Waals surface area contributed by atoms with Gasteiger partial charge in [0.05, 0.1) is 11.6 Å². The molecule has 36 heavy (non-hydrogen) atoms. The quantitative estimate of drug-likeness (QED) is 0.460. The summed E-state index contributed by atoms with van der Waals surface area (Å²) in [6, 6.07) is 16.5. The Kier molecular flexibility index (Phi) is 9.05. The topological polar surface area (TPSA) is 123 Å². The highest BCUT2D eigenvalue weighted by Gasteiger charge is 2.38. The Labute approximate surface area is 210 Å². The van der Waals surface area contributed by atoms with Crippen molar-refractivity contribution in [2.45, 2.75) is 57.9 Å². The van der Waals surface area contributed by atoms with Crippen LogP contribution >= 0.6 is 0 Å². The monoisotopic (exact) mass is 495 g/mol. The van der Waals surface area contributed by atoms with Gasteiger partial charge in [-0.3, -0.25) is 9.59 Å². The van der Waals surface area contributed by atoms with Gasteiger partial charge in [-0.25, -0.2) is 9.59 Å². The highest BCUT2D eigenvalue weighted by atomic mass is 16.6. The number of ether oxygens (including phenoxy) is 2. The van der Waals surface area contributed by atoms with Gasteiger partial charge in [0.25, 0.3) is 5.91 Å². The van der Waals surface area contributed by atoms with Crippen LogP contribution in [0.1, 0.15) is 49.5 Å². The molecular formula is C27H33N3O6. The van der Waals surface area contributed by atoms with Crippen LogP contribution in [-0.4, -0.2) is 48.2 Å². The molecule has 9 nitrogen and oxygen atoms in total. The lowest BCUT2D eigenvalue weighted by molar-refractivity contribution is -0.132. The van der Waals surface area contributed by atoms with Crippen LogP contribution in [0.3, 0.4) is 0 Å². The number of benzene rings is 2. The molecule has 0 saturated carbocycles. The number of alkyl carbamates (subject to hydrolysis) is 1. The van der Waals surface area contributed by atoms with Crippen molar-refractivity contribution in [3.8, 4) is 0 Å². The number of amides is 3. The highest BCUT2D eigenvalue weighted by Crippen LogP contribution is 2.21. The first kappa shape index (κ1) is 26.7. The molecule has 1 heterocycles. The van der Waals surface area contributed by atoms with Gasteiger partial charge in [-0.1, -0.05) is 48.5 Å². The van der Waals surface area contributed by atoms with Crippen molar-refractivity contribution in [2.24, 2.45) is 5.92 Å². The molecule has 2 aromatic rings. The SMILES string of the molecule is CC(C)(C)OC(=O)N[C@@H](C[C@@H]1CCNC1=O)[C@H](OC(=O)c1ccccc1)C(=O)NCc1ccccc1. The van der Waals surface area contributed by atoms with Crippen LogP contribution in [0.4, 0.5) is 4.79 Å². The fourth-order valence-corrected chi connectivity index (χ4v) is 3.86. The summed E-state index contributed by atoms with van der Waals surface area (Å²) < 4.78 is 11.1. The summed E-state index contributed by atoms with van der Waals surface area (Å²) in [4.78, 5) is 51.3. The first-order valence-electron chi connectivity index (χ1n) is 12.0. The number of carbonyl (C=O) groups excluding carboxylic acids is 4. The molecule has 0 unspecified atom stereocenters. The predicted molar refractivity (Wildman–Crippen MR) is 133 cm³/mol. The third kappa shape index (κ3) is 8.11. The Balaban J connectivity index is 1.86. The van der Waals surface area contributed by atoms with Crippen molar-refractivity contribution >= 4 is 23.9 Å². The second-order valence-electron chi connectivity index (χ2n) is 9.66. The third-order valence-corrected chi connectivity index (χ3v) is 5.58. The van der Waals surface area contributed by atoms with E-state index in [1.807, 2.05) is 30.3 Å². The minimum Gasteiger partial charge on any atom is -0.446 e. The van der Waals surface area contributed by atoms with Crippen molar-refractivity contribution in [3.05, 3.63) is 71.8 Å². The Morgan fingerprint density at radius 3 is 2.25 bits per heavy atom. The minimum atomic E-state index is -1.40. The molecule has 9 heteroatoms. The smallest absolute Gasteiger partial charge is 0.408 e. The lowest BCUT2D eigenvalue weighted by Gasteiger charge is -2.29. The van der Waals surface area contributed by atoms with Crippen LogP contribution in [-0.2, 0) is 25.6 Å². The predicted octanol–water partition coefficient (Wildman–Crippen LogP) is 2.95. The average Bonchev–Trinajstić information content (AvgIpc) is 3.24. The van der Waals surface area contributed by atoms with E-state index in [1.54, 1.807) is 51.1 Å². The maximum absolute atomic E-state index is 13.4. The molecule has 0 radical (unpaired) electrons. The van der Waals surface area contributed by atoms with Gasteiger partial charge < -0.3 is 25.4 Å². The Morgan fingerprint density at radius 2 is 1.67 bits per heavy atom. The largest absolute Gasteiger partial charge is 0.446 e. The summed E-state index contributed by atoms with van der Waals surface area (Å²) in [6.45, 7) is 5.84. The molecule has 1 aliphatic rings. The van der Waals surface area contributed by atoms with Crippen molar-refractivity contribution < 1.29 is 28.7 Å². The van der Waals surface area contributed by atoms with E-state index in [9.17, 15) is 19.2 Å². The number of esters is 1. The lowest BCUT2D eigenvalue weighted by Crippen LogP contribution is -2.54. The zero-order valence-corrected chi connectivity index (χ0v) is 20.8. The van der Waals surface area contributed by atoms with Gasteiger partial charge in [0.1, 0.15) is 5.60 Å². The molecule has 3 rings (SSSR count). The molecule has 1 aliphatic heterocycles. The van der Waals surface area contributed by atoms with Crippen LogP contribution in [0.15, 0.2) is 60.7 Å². The van der Waals surface area contributed by atoms with Crippen LogP contribution in [0, 0.1) is 5.92 Å². The number of rotatable bonds is 9. The Bertz CT molecular complexity index is 1050. The molecule has 3 N–H and O–H groups in total. The van der Waals surface area contributed by atoms with Crippen LogP contribution < -0.4 is 16.0 Å². The molecule has 1 fully saturated rings. The molecule has 0 spiro atoms. The molecule has 1 saturated heterocycles. The average molecular weight is 496 g/mol. The fraction of sp³-hybridized carbons (Fsp3) is 0.407. The van der Waals surface area contributed by atoms with Gasteiger partial charge in [0.2, 0.25) is 12.0 Å². The van der Waals surface area contributed by atoms with Crippen LogP contribution in [0.2, 0.25) is 0 Å². The molecule has 3 atom stereocenters. The molecular weight excluding hydrogens is 462 g/mol. The van der Waals surface area contributed by atoms with E-state index >= 15 is 0 Å². The summed E-state index contributed by atoms with van der Waals surface area (Å²) in [5.74, 6) is -1.95. The van der Waals surface area contributed by atoms with E-state index in [1.165, 1.54) is 0 Å². The highest BCUT2D eigenvalue weighted by molar-refractivity contribution is 5.93. The second kappa shape index (κ2) is 12.2. The van der Waals surface area contributed by atoms with Crippen molar-refractivity contribution in [3.63, 3.8) is 0 Å². The second-order valence-corrected chi connectivity index (χ2v) is 9.66. The summed E-state index contributed by atoms with van der Waals surface area (Å²) in [7, 11) is 0. The van der Waals surface area contributed by atoms with Gasteiger partial charge in [-0.15, -0.1) is 0 Å². The van der Waals surface area contributed by atoms with Gasteiger partial charge >= 0.3 is 12.1 Å². The first-order chi connectivity index (χ1) is 17.1. The maximum Gasteiger partial charge on any atom is 0.408 e. The normalized spacial score (nSPS) is 16.9. The maximum atomic E-state index is 13.4. The molecule has 192 valence electrons. The summed E-state index contributed by atoms with van der Waals surface area (Å²) in [6.07, 6.45) is -1.54. The van der Waals surface area contributed by atoms with Crippen LogP contribution in [0.5, 0.6) is 0 Å². The molecule has 0 bridgehead atoms. The summed E-state index contributed by atoms with van der Waals surface area (Å²) >= 11 is 0. The number of hydrogen-bond donors (Lipinski definition) is 3. The summed E-state index contributed by atoms with van der Waals surface area (Å²) in [5, 5.41) is 8.22. The van der Waals surface area contributed by atoms with Crippen molar-refractivity contribution in [1.82, 2.24) is 16.0 Å². The van der Waals surface area contributed by atoms with Gasteiger partial charge in [0.15, 0.2) is 0 Å². The number of nitrogens with one attached hydrogen (secondary N) is 3. The van der Waals surface area contributed by atoms with Gasteiger partial charge in [-0.2, -0.15) is 0 Å². The molecule has 2 aromatic carbocycles. The van der Waals surface area contributed by atoms with E-state index in [-0.39, 0.29) is 24.4 Å². The van der Waals surface area contributed by atoms with Gasteiger partial charge in [0, 0.05) is 19.0 Å². The molecule has 0 aromatic heterocycles. The molecule has 0 aliphatic carbocycles. The zero-order chi connectivity index (χ0) is 26.1. The van der Waals surface area contributed by atoms with Gasteiger partial charge in [-0.05, 0) is 51.3 Å². The van der Waals surface area contributed by atoms with Crippen molar-refractivity contribution in [1.29, 1.82) is 0 Å². The fourth-order valence-electron chi connectivity index (χ4n) is 3.86. The number of carbonyl (C=O) groups is 4. The standard InChI is InChI=1S/C27H33N3O6/c1-27(2,3)36-26(34)30-21(16-20-14-15-28-23(20)31)22(35-25(33)19-12-8-5-9-13-19)24(32)29-17-18-10-6-4-7-11-18/h4-13,20-22H,14-17H2,1-3H3,(H,28,31)(H,29,32)(H,30,34)/t20-,21-,22-/m0/s1. The Hall–Kier alpha value is -3.88. The number of hydrogen-bond acceptors (Lipinski definition) is 6.